The molecule has 0 unspecified atom stereocenters. The number of ether oxygens (including phenoxy) is 1. The van der Waals surface area contributed by atoms with Crippen molar-refractivity contribution in [2.45, 2.75) is 44.1 Å². The van der Waals surface area contributed by atoms with E-state index in [4.69, 9.17) is 9.72 Å². The maximum atomic E-state index is 13.1. The summed E-state index contributed by atoms with van der Waals surface area (Å²) in [5, 5.41) is 3.20. The van der Waals surface area contributed by atoms with Gasteiger partial charge in [-0.3, -0.25) is 14.6 Å². The second-order valence-corrected chi connectivity index (χ2v) is 8.54. The summed E-state index contributed by atoms with van der Waals surface area (Å²) in [5.41, 5.74) is 3.10. The van der Waals surface area contributed by atoms with E-state index in [0.29, 0.717) is 18.8 Å². The number of hydrogen-bond acceptors (Lipinski definition) is 4. The van der Waals surface area contributed by atoms with Crippen LogP contribution in [0, 0.1) is 5.92 Å². The third-order valence-corrected chi connectivity index (χ3v) is 6.50. The molecule has 0 bridgehead atoms. The lowest BCUT2D eigenvalue weighted by Gasteiger charge is -2.33. The maximum Gasteiger partial charge on any atom is 0.252 e. The Hall–Kier alpha value is -2.73. The van der Waals surface area contributed by atoms with Gasteiger partial charge >= 0.3 is 0 Å². The van der Waals surface area contributed by atoms with E-state index < -0.39 is 0 Å². The summed E-state index contributed by atoms with van der Waals surface area (Å²) in [6, 6.07) is 13.3. The number of hydrogen-bond donors (Lipinski definition) is 1. The molecule has 156 valence electrons. The van der Waals surface area contributed by atoms with Gasteiger partial charge in [0.25, 0.3) is 5.91 Å². The summed E-state index contributed by atoms with van der Waals surface area (Å²) in [4.78, 5) is 32.6. The van der Waals surface area contributed by atoms with Gasteiger partial charge in [-0.2, -0.15) is 0 Å². The lowest BCUT2D eigenvalue weighted by atomic mass is 9.96. The highest BCUT2D eigenvalue weighted by Gasteiger charge is 2.47. The summed E-state index contributed by atoms with van der Waals surface area (Å²) >= 11 is 0. The minimum Gasteiger partial charge on any atom is -0.381 e. The van der Waals surface area contributed by atoms with E-state index >= 15 is 0 Å². The van der Waals surface area contributed by atoms with Crippen LogP contribution in [-0.4, -0.2) is 36.6 Å². The lowest BCUT2D eigenvalue weighted by Crippen LogP contribution is -2.42. The van der Waals surface area contributed by atoms with Crippen molar-refractivity contribution in [3.05, 3.63) is 59.4 Å². The van der Waals surface area contributed by atoms with Crippen LogP contribution in [0.5, 0.6) is 0 Å². The zero-order valence-electron chi connectivity index (χ0n) is 17.1. The van der Waals surface area contributed by atoms with E-state index in [2.05, 4.69) is 5.32 Å². The van der Waals surface area contributed by atoms with Gasteiger partial charge in [0.2, 0.25) is 5.91 Å². The van der Waals surface area contributed by atoms with Gasteiger partial charge in [-0.25, -0.2) is 0 Å². The Balaban J connectivity index is 1.36. The van der Waals surface area contributed by atoms with Gasteiger partial charge in [-0.05, 0) is 62.8 Å². The minimum atomic E-state index is -0.380. The summed E-state index contributed by atoms with van der Waals surface area (Å²) < 4.78 is 5.41. The molecule has 6 heteroatoms. The van der Waals surface area contributed by atoms with Crippen molar-refractivity contribution in [1.82, 2.24) is 10.3 Å². The normalized spacial score (nSPS) is 20.3. The summed E-state index contributed by atoms with van der Waals surface area (Å²) in [6.45, 7) is 2.08. The molecule has 1 aromatic carbocycles. The van der Waals surface area contributed by atoms with E-state index in [9.17, 15) is 9.59 Å². The van der Waals surface area contributed by atoms with Crippen LogP contribution in [0.3, 0.4) is 0 Å². The molecule has 0 atom stereocenters. The van der Waals surface area contributed by atoms with Crippen LogP contribution in [0.4, 0.5) is 5.69 Å². The highest BCUT2D eigenvalue weighted by Crippen LogP contribution is 2.46. The topological polar surface area (TPSA) is 71.5 Å². The van der Waals surface area contributed by atoms with Crippen LogP contribution in [-0.2, 0) is 21.5 Å². The number of carbonyl (C=O) groups is 2. The van der Waals surface area contributed by atoms with Gasteiger partial charge in [0, 0.05) is 31.2 Å². The Morgan fingerprint density at radius 3 is 2.57 bits per heavy atom. The molecule has 2 fully saturated rings. The largest absolute Gasteiger partial charge is 0.381 e. The smallest absolute Gasteiger partial charge is 0.252 e. The van der Waals surface area contributed by atoms with Crippen LogP contribution >= 0.6 is 0 Å². The first-order valence-electron chi connectivity index (χ1n) is 10.9. The SMILES string of the molecule is O=C(NC1(c2ccc3c(n2)CCCN3C(=O)C2CCOCC2)CC1)c1ccccc1. The highest BCUT2D eigenvalue weighted by molar-refractivity contribution is 5.96. The van der Waals surface area contributed by atoms with Gasteiger partial charge in [0.05, 0.1) is 22.6 Å². The first-order valence-corrected chi connectivity index (χ1v) is 10.9. The quantitative estimate of drug-likeness (QED) is 0.848. The molecule has 1 N–H and O–H groups in total. The first-order chi connectivity index (χ1) is 14.7. The molecule has 1 aromatic heterocycles. The zero-order chi connectivity index (χ0) is 20.6. The summed E-state index contributed by atoms with van der Waals surface area (Å²) in [6.07, 6.45) is 5.16. The number of nitrogens with one attached hydrogen (secondary N) is 1. The molecule has 0 radical (unpaired) electrons. The molecule has 5 rings (SSSR count). The monoisotopic (exact) mass is 405 g/mol. The average Bonchev–Trinajstić information content (AvgIpc) is 3.59. The van der Waals surface area contributed by atoms with E-state index in [0.717, 1.165) is 62.1 Å². The number of pyridine rings is 1. The predicted molar refractivity (Wildman–Crippen MR) is 113 cm³/mol. The third kappa shape index (κ3) is 3.60. The fourth-order valence-corrected chi connectivity index (χ4v) is 4.56. The lowest BCUT2D eigenvalue weighted by molar-refractivity contribution is -0.125. The first kappa shape index (κ1) is 19.2. The Bertz CT molecular complexity index is 949. The molecule has 2 aliphatic heterocycles. The number of rotatable bonds is 4. The van der Waals surface area contributed by atoms with E-state index in [1.807, 2.05) is 47.4 Å². The number of nitrogens with zero attached hydrogens (tertiary/aromatic N) is 2. The van der Waals surface area contributed by atoms with Crippen molar-refractivity contribution < 1.29 is 14.3 Å². The second-order valence-electron chi connectivity index (χ2n) is 8.54. The van der Waals surface area contributed by atoms with Crippen molar-refractivity contribution in [2.75, 3.05) is 24.7 Å². The van der Waals surface area contributed by atoms with E-state index in [1.165, 1.54) is 0 Å². The van der Waals surface area contributed by atoms with Crippen molar-refractivity contribution in [2.24, 2.45) is 5.92 Å². The number of anilines is 1. The Morgan fingerprint density at radius 2 is 1.83 bits per heavy atom. The fraction of sp³-hybridized carbons (Fsp3) is 0.458. The molecule has 1 saturated carbocycles. The average molecular weight is 405 g/mol. The number of fused-ring (bicyclic) bond motifs is 1. The van der Waals surface area contributed by atoms with Crippen LogP contribution in [0.1, 0.15) is 53.8 Å². The van der Waals surface area contributed by atoms with Gasteiger partial charge in [-0.15, -0.1) is 0 Å². The van der Waals surface area contributed by atoms with Gasteiger partial charge < -0.3 is 15.0 Å². The molecule has 2 aromatic rings. The Kier molecular flexibility index (Phi) is 5.03. The number of benzene rings is 1. The fourth-order valence-electron chi connectivity index (χ4n) is 4.56. The molecule has 30 heavy (non-hydrogen) atoms. The summed E-state index contributed by atoms with van der Waals surface area (Å²) in [5.74, 6) is 0.181. The molecule has 2 amide bonds. The third-order valence-electron chi connectivity index (χ3n) is 6.50. The highest BCUT2D eigenvalue weighted by atomic mass is 16.5. The van der Waals surface area contributed by atoms with E-state index in [-0.39, 0.29) is 23.3 Å². The molecule has 0 spiro atoms. The molecule has 6 nitrogen and oxygen atoms in total. The number of carbonyl (C=O) groups excluding carboxylic acids is 2. The van der Waals surface area contributed by atoms with Crippen molar-refractivity contribution in [1.29, 1.82) is 0 Å². The molecule has 1 aliphatic carbocycles. The van der Waals surface area contributed by atoms with Crippen molar-refractivity contribution in [3.8, 4) is 0 Å². The molecular weight excluding hydrogens is 378 g/mol. The molecule has 1 saturated heterocycles. The minimum absolute atomic E-state index is 0.0457. The molecule has 3 aliphatic rings. The Labute approximate surface area is 176 Å². The summed E-state index contributed by atoms with van der Waals surface area (Å²) in [7, 11) is 0. The van der Waals surface area contributed by atoms with Crippen LogP contribution in [0.2, 0.25) is 0 Å². The van der Waals surface area contributed by atoms with Gasteiger partial charge in [0.1, 0.15) is 0 Å². The zero-order valence-corrected chi connectivity index (χ0v) is 17.1. The van der Waals surface area contributed by atoms with Crippen LogP contribution < -0.4 is 10.2 Å². The predicted octanol–water partition coefficient (Wildman–Crippen LogP) is 3.21. The van der Waals surface area contributed by atoms with Crippen LogP contribution in [0.15, 0.2) is 42.5 Å². The van der Waals surface area contributed by atoms with Gasteiger partial charge in [-0.1, -0.05) is 18.2 Å². The molecular formula is C24H27N3O3. The van der Waals surface area contributed by atoms with Gasteiger partial charge in [0.15, 0.2) is 0 Å². The van der Waals surface area contributed by atoms with Crippen molar-refractivity contribution in [3.63, 3.8) is 0 Å². The number of aryl methyl sites for hydroxylation is 1. The van der Waals surface area contributed by atoms with E-state index in [1.54, 1.807) is 0 Å². The number of amides is 2. The van der Waals surface area contributed by atoms with Crippen LogP contribution in [0.25, 0.3) is 0 Å². The second kappa shape index (κ2) is 7.84. The Morgan fingerprint density at radius 1 is 1.07 bits per heavy atom. The standard InChI is InChI=1S/C24H27N3O3/c28-22(17-5-2-1-3-6-17)26-24(12-13-24)21-9-8-20-19(25-21)7-4-14-27(20)23(29)18-10-15-30-16-11-18/h1-3,5-6,8-9,18H,4,7,10-16H2,(H,26,28). The number of aromatic nitrogens is 1. The maximum absolute atomic E-state index is 13.1. The van der Waals surface area contributed by atoms with Crippen molar-refractivity contribution >= 4 is 17.5 Å². The molecule has 3 heterocycles.